The van der Waals surface area contributed by atoms with Gasteiger partial charge < -0.3 is 10.1 Å². The van der Waals surface area contributed by atoms with E-state index < -0.39 is 0 Å². The van der Waals surface area contributed by atoms with Crippen LogP contribution in [-0.4, -0.2) is 25.8 Å². The van der Waals surface area contributed by atoms with Gasteiger partial charge in [-0.25, -0.2) is 4.39 Å². The molecule has 0 aliphatic carbocycles. The van der Waals surface area contributed by atoms with Crippen LogP contribution in [-0.2, 0) is 11.2 Å². The van der Waals surface area contributed by atoms with Gasteiger partial charge in [-0.05, 0) is 44.5 Å². The third-order valence-electron chi connectivity index (χ3n) is 2.87. The molecule has 2 nitrogen and oxygen atoms in total. The molecule has 0 fully saturated rings. The van der Waals surface area contributed by atoms with Gasteiger partial charge in [0.25, 0.3) is 0 Å². The zero-order valence-electron chi connectivity index (χ0n) is 10.2. The van der Waals surface area contributed by atoms with E-state index in [9.17, 15) is 4.39 Å². The number of hydrogen-bond acceptors (Lipinski definition) is 2. The van der Waals surface area contributed by atoms with Crippen LogP contribution in [0.3, 0.4) is 0 Å². The third kappa shape index (κ3) is 4.29. The van der Waals surface area contributed by atoms with Crippen molar-refractivity contribution in [3.63, 3.8) is 0 Å². The maximum absolute atomic E-state index is 12.7. The summed E-state index contributed by atoms with van der Waals surface area (Å²) in [5.74, 6) is -0.182. The Balaban J connectivity index is 2.27. The minimum absolute atomic E-state index is 0.182. The van der Waals surface area contributed by atoms with Crippen molar-refractivity contribution in [3.05, 3.63) is 35.6 Å². The fourth-order valence-electron chi connectivity index (χ4n) is 1.47. The Hall–Kier alpha value is -0.930. The second kappa shape index (κ2) is 6.61. The average molecular weight is 225 g/mol. The number of ether oxygens (including phenoxy) is 1. The maximum atomic E-state index is 12.7. The Labute approximate surface area is 96.8 Å². The Bertz CT molecular complexity index is 299. The van der Waals surface area contributed by atoms with E-state index in [1.54, 1.807) is 7.11 Å². The van der Waals surface area contributed by atoms with Crippen LogP contribution < -0.4 is 5.32 Å². The molecule has 0 saturated carbocycles. The van der Waals surface area contributed by atoms with Gasteiger partial charge in [0.1, 0.15) is 5.82 Å². The lowest BCUT2D eigenvalue weighted by Gasteiger charge is -2.19. The zero-order valence-corrected chi connectivity index (χ0v) is 10.2. The maximum Gasteiger partial charge on any atom is 0.123 e. The molecule has 16 heavy (non-hydrogen) atoms. The molecule has 2 atom stereocenters. The quantitative estimate of drug-likeness (QED) is 0.802. The first-order valence-electron chi connectivity index (χ1n) is 5.64. The van der Waals surface area contributed by atoms with Crippen LogP contribution in [0.4, 0.5) is 4.39 Å². The summed E-state index contributed by atoms with van der Waals surface area (Å²) in [4.78, 5) is 0. The summed E-state index contributed by atoms with van der Waals surface area (Å²) in [7, 11) is 1.71. The fourth-order valence-corrected chi connectivity index (χ4v) is 1.47. The smallest absolute Gasteiger partial charge is 0.123 e. The van der Waals surface area contributed by atoms with Gasteiger partial charge in [0.05, 0.1) is 6.10 Å². The predicted octanol–water partition coefficient (Wildman–Crippen LogP) is 2.38. The normalized spacial score (nSPS) is 14.8. The second-order valence-corrected chi connectivity index (χ2v) is 4.06. The molecule has 3 heteroatoms. The number of hydrogen-bond donors (Lipinski definition) is 1. The van der Waals surface area contributed by atoms with Crippen molar-refractivity contribution in [1.82, 2.24) is 5.32 Å². The van der Waals surface area contributed by atoms with Gasteiger partial charge in [0.2, 0.25) is 0 Å². The summed E-state index contributed by atoms with van der Waals surface area (Å²) in [6, 6.07) is 6.96. The van der Waals surface area contributed by atoms with Crippen molar-refractivity contribution in [2.24, 2.45) is 0 Å². The molecule has 0 aliphatic rings. The molecule has 1 N–H and O–H groups in total. The van der Waals surface area contributed by atoms with E-state index in [1.165, 1.54) is 12.1 Å². The van der Waals surface area contributed by atoms with E-state index in [-0.39, 0.29) is 11.9 Å². The van der Waals surface area contributed by atoms with Gasteiger partial charge in [-0.15, -0.1) is 0 Å². The summed E-state index contributed by atoms with van der Waals surface area (Å²) in [6.07, 6.45) is 1.11. The fraction of sp³-hybridized carbons (Fsp3) is 0.538. The van der Waals surface area contributed by atoms with Crippen molar-refractivity contribution in [3.8, 4) is 0 Å². The lowest BCUT2D eigenvalue weighted by atomic mass is 10.1. The summed E-state index contributed by atoms with van der Waals surface area (Å²) >= 11 is 0. The van der Waals surface area contributed by atoms with Gasteiger partial charge in [-0.2, -0.15) is 0 Å². The Kier molecular flexibility index (Phi) is 5.43. The summed E-state index contributed by atoms with van der Waals surface area (Å²) < 4.78 is 17.9. The lowest BCUT2D eigenvalue weighted by molar-refractivity contribution is 0.0890. The molecule has 1 aromatic carbocycles. The van der Waals surface area contributed by atoms with Gasteiger partial charge in [-0.3, -0.25) is 0 Å². The summed E-state index contributed by atoms with van der Waals surface area (Å²) in [6.45, 7) is 5.01. The van der Waals surface area contributed by atoms with Crippen molar-refractivity contribution < 1.29 is 9.13 Å². The molecule has 0 amide bonds. The van der Waals surface area contributed by atoms with E-state index in [2.05, 4.69) is 12.2 Å². The SMILES string of the molecule is COC(C)C(C)NCCc1ccc(F)cc1. The highest BCUT2D eigenvalue weighted by Gasteiger charge is 2.09. The van der Waals surface area contributed by atoms with Crippen LogP contribution >= 0.6 is 0 Å². The molecule has 0 aromatic heterocycles. The largest absolute Gasteiger partial charge is 0.380 e. The Morgan fingerprint density at radius 2 is 1.88 bits per heavy atom. The van der Waals surface area contributed by atoms with Crippen LogP contribution in [0.5, 0.6) is 0 Å². The molecule has 0 bridgehead atoms. The average Bonchev–Trinajstić information content (AvgIpc) is 2.30. The van der Waals surface area contributed by atoms with Crippen molar-refractivity contribution >= 4 is 0 Å². The molecule has 2 unspecified atom stereocenters. The summed E-state index contributed by atoms with van der Waals surface area (Å²) in [5.41, 5.74) is 1.14. The standard InChI is InChI=1S/C13H20FNO/c1-10(11(2)16-3)15-9-8-12-4-6-13(14)7-5-12/h4-7,10-11,15H,8-9H2,1-3H3. The molecule has 1 rings (SSSR count). The molecule has 0 spiro atoms. The monoisotopic (exact) mass is 225 g/mol. The number of benzene rings is 1. The molecule has 90 valence electrons. The van der Waals surface area contributed by atoms with E-state index in [0.717, 1.165) is 18.5 Å². The second-order valence-electron chi connectivity index (χ2n) is 4.06. The topological polar surface area (TPSA) is 21.3 Å². The highest BCUT2D eigenvalue weighted by atomic mass is 19.1. The Morgan fingerprint density at radius 1 is 1.25 bits per heavy atom. The van der Waals surface area contributed by atoms with Gasteiger partial charge in [0, 0.05) is 13.2 Å². The molecular formula is C13H20FNO. The van der Waals surface area contributed by atoms with E-state index in [4.69, 9.17) is 4.74 Å². The van der Waals surface area contributed by atoms with Gasteiger partial charge in [0.15, 0.2) is 0 Å². The van der Waals surface area contributed by atoms with Gasteiger partial charge >= 0.3 is 0 Å². The first-order chi connectivity index (χ1) is 7.63. The van der Waals surface area contributed by atoms with E-state index in [0.29, 0.717) is 6.04 Å². The van der Waals surface area contributed by atoms with Crippen LogP contribution in [0.25, 0.3) is 0 Å². The highest BCUT2D eigenvalue weighted by Crippen LogP contribution is 2.03. The van der Waals surface area contributed by atoms with Crippen LogP contribution in [0, 0.1) is 5.82 Å². The Morgan fingerprint density at radius 3 is 2.44 bits per heavy atom. The van der Waals surface area contributed by atoms with Crippen LogP contribution in [0.1, 0.15) is 19.4 Å². The highest BCUT2D eigenvalue weighted by molar-refractivity contribution is 5.16. The zero-order chi connectivity index (χ0) is 12.0. The van der Waals surface area contributed by atoms with Crippen LogP contribution in [0.2, 0.25) is 0 Å². The van der Waals surface area contributed by atoms with E-state index >= 15 is 0 Å². The molecular weight excluding hydrogens is 205 g/mol. The molecule has 0 aliphatic heterocycles. The lowest BCUT2D eigenvalue weighted by Crippen LogP contribution is -2.37. The molecule has 1 aromatic rings. The first-order valence-corrected chi connectivity index (χ1v) is 5.64. The van der Waals surface area contributed by atoms with E-state index in [1.807, 2.05) is 19.1 Å². The minimum Gasteiger partial charge on any atom is -0.380 e. The van der Waals surface area contributed by atoms with Crippen molar-refractivity contribution in [2.75, 3.05) is 13.7 Å². The third-order valence-corrected chi connectivity index (χ3v) is 2.87. The number of methoxy groups -OCH3 is 1. The van der Waals surface area contributed by atoms with Crippen molar-refractivity contribution in [2.45, 2.75) is 32.4 Å². The summed E-state index contributed by atoms with van der Waals surface area (Å²) in [5, 5.41) is 3.38. The number of rotatable bonds is 6. The number of nitrogens with one attached hydrogen (secondary N) is 1. The predicted molar refractivity (Wildman–Crippen MR) is 64.0 cm³/mol. The molecule has 0 saturated heterocycles. The number of halogens is 1. The molecule has 0 radical (unpaired) electrons. The molecule has 0 heterocycles. The minimum atomic E-state index is -0.182. The van der Waals surface area contributed by atoms with Gasteiger partial charge in [-0.1, -0.05) is 12.1 Å². The first kappa shape index (κ1) is 13.1. The van der Waals surface area contributed by atoms with Crippen LogP contribution in [0.15, 0.2) is 24.3 Å². The van der Waals surface area contributed by atoms with Crippen molar-refractivity contribution in [1.29, 1.82) is 0 Å².